The van der Waals surface area contributed by atoms with Crippen molar-refractivity contribution in [1.82, 2.24) is 19.7 Å². The van der Waals surface area contributed by atoms with Crippen molar-refractivity contribution in [2.45, 2.75) is 0 Å². The van der Waals surface area contributed by atoms with E-state index in [1.54, 1.807) is 29.9 Å². The van der Waals surface area contributed by atoms with Crippen molar-refractivity contribution >= 4 is 27.8 Å². The molecule has 0 aliphatic rings. The van der Waals surface area contributed by atoms with Crippen LogP contribution in [0.25, 0.3) is 0 Å². The summed E-state index contributed by atoms with van der Waals surface area (Å²) in [5, 5.41) is 9.99. The minimum atomic E-state index is -0.316. The molecular weight excluding hydrogens is 274 g/mol. The number of nitrogens with one attached hydrogen (secondary N) is 1. The standard InChI is InChI=1S/C9H8BrN5O/c1-15-5-12-14-9(15)13-8(16)7-3-2-6(10)4-11-7/h2-5H,1H3,(H,13,14,16). The summed E-state index contributed by atoms with van der Waals surface area (Å²) in [4.78, 5) is 15.7. The van der Waals surface area contributed by atoms with Gasteiger partial charge in [0.25, 0.3) is 5.91 Å². The number of anilines is 1. The fourth-order valence-corrected chi connectivity index (χ4v) is 1.31. The van der Waals surface area contributed by atoms with E-state index in [9.17, 15) is 4.79 Å². The van der Waals surface area contributed by atoms with Gasteiger partial charge in [0, 0.05) is 17.7 Å². The predicted octanol–water partition coefficient (Wildman–Crippen LogP) is 1.22. The quantitative estimate of drug-likeness (QED) is 0.899. The van der Waals surface area contributed by atoms with Crippen LogP contribution in [0.3, 0.4) is 0 Å². The normalized spacial score (nSPS) is 10.1. The number of carbonyl (C=O) groups is 1. The molecule has 16 heavy (non-hydrogen) atoms. The van der Waals surface area contributed by atoms with Gasteiger partial charge in [-0.25, -0.2) is 4.98 Å². The highest BCUT2D eigenvalue weighted by Crippen LogP contribution is 2.08. The maximum atomic E-state index is 11.7. The minimum absolute atomic E-state index is 0.316. The van der Waals surface area contributed by atoms with Gasteiger partial charge in [-0.1, -0.05) is 0 Å². The number of rotatable bonds is 2. The highest BCUT2D eigenvalue weighted by atomic mass is 79.9. The van der Waals surface area contributed by atoms with Crippen molar-refractivity contribution in [1.29, 1.82) is 0 Å². The lowest BCUT2D eigenvalue weighted by Gasteiger charge is -2.02. The van der Waals surface area contributed by atoms with Crippen LogP contribution in [0.1, 0.15) is 10.5 Å². The SMILES string of the molecule is Cn1cnnc1NC(=O)c1ccc(Br)cn1. The number of pyridine rings is 1. The lowest BCUT2D eigenvalue weighted by molar-refractivity contribution is 0.102. The predicted molar refractivity (Wildman–Crippen MR) is 60.9 cm³/mol. The van der Waals surface area contributed by atoms with Crippen LogP contribution in [0, 0.1) is 0 Å². The summed E-state index contributed by atoms with van der Waals surface area (Å²) in [6.45, 7) is 0. The van der Waals surface area contributed by atoms with Crippen LogP contribution >= 0.6 is 15.9 Å². The van der Waals surface area contributed by atoms with Crippen molar-refractivity contribution in [3.63, 3.8) is 0 Å². The van der Waals surface area contributed by atoms with Crippen LogP contribution in [0.2, 0.25) is 0 Å². The number of hydrogen-bond donors (Lipinski definition) is 1. The van der Waals surface area contributed by atoms with Crippen molar-refractivity contribution < 1.29 is 4.79 Å². The molecule has 2 rings (SSSR count). The zero-order chi connectivity index (χ0) is 11.5. The van der Waals surface area contributed by atoms with E-state index in [4.69, 9.17) is 0 Å². The van der Waals surface area contributed by atoms with Gasteiger partial charge in [-0.3, -0.25) is 10.1 Å². The van der Waals surface area contributed by atoms with Gasteiger partial charge in [-0.2, -0.15) is 0 Å². The maximum absolute atomic E-state index is 11.7. The van der Waals surface area contributed by atoms with E-state index in [0.717, 1.165) is 4.47 Å². The fraction of sp³-hybridized carbons (Fsp3) is 0.111. The van der Waals surface area contributed by atoms with E-state index < -0.39 is 0 Å². The molecule has 0 saturated carbocycles. The summed E-state index contributed by atoms with van der Waals surface area (Å²) in [6, 6.07) is 3.37. The van der Waals surface area contributed by atoms with E-state index >= 15 is 0 Å². The van der Waals surface area contributed by atoms with E-state index in [0.29, 0.717) is 11.6 Å². The first kappa shape index (κ1) is 10.7. The molecule has 2 aromatic heterocycles. The summed E-state index contributed by atoms with van der Waals surface area (Å²) < 4.78 is 2.43. The molecule has 1 N–H and O–H groups in total. The topological polar surface area (TPSA) is 72.7 Å². The number of nitrogens with zero attached hydrogens (tertiary/aromatic N) is 4. The Kier molecular flexibility index (Phi) is 2.95. The summed E-state index contributed by atoms with van der Waals surface area (Å²) in [5.74, 6) is 0.0679. The highest BCUT2D eigenvalue weighted by molar-refractivity contribution is 9.10. The molecule has 6 nitrogen and oxygen atoms in total. The van der Waals surface area contributed by atoms with Gasteiger partial charge in [-0.15, -0.1) is 10.2 Å². The average molecular weight is 282 g/mol. The second-order valence-electron chi connectivity index (χ2n) is 3.08. The number of carbonyl (C=O) groups excluding carboxylic acids is 1. The molecule has 7 heteroatoms. The molecule has 0 aliphatic carbocycles. The first-order valence-electron chi connectivity index (χ1n) is 4.44. The van der Waals surface area contributed by atoms with E-state index in [2.05, 4.69) is 36.4 Å². The third-order valence-corrected chi connectivity index (χ3v) is 2.37. The van der Waals surface area contributed by atoms with Crippen molar-refractivity contribution in [2.24, 2.45) is 7.05 Å². The summed E-state index contributed by atoms with van der Waals surface area (Å²) in [5.41, 5.74) is 0.325. The zero-order valence-electron chi connectivity index (χ0n) is 8.38. The molecule has 0 aliphatic heterocycles. The van der Waals surface area contributed by atoms with Crippen molar-refractivity contribution in [3.8, 4) is 0 Å². The molecule has 0 radical (unpaired) electrons. The molecular formula is C9H8BrN5O. The van der Waals surface area contributed by atoms with Gasteiger partial charge in [-0.05, 0) is 28.1 Å². The molecule has 2 heterocycles. The van der Waals surface area contributed by atoms with E-state index in [1.807, 2.05) is 0 Å². The Morgan fingerprint density at radius 3 is 2.88 bits per heavy atom. The molecule has 1 amide bonds. The number of hydrogen-bond acceptors (Lipinski definition) is 4. The average Bonchev–Trinajstić information content (AvgIpc) is 2.65. The van der Waals surface area contributed by atoms with Crippen LogP contribution in [0.5, 0.6) is 0 Å². The number of amides is 1. The van der Waals surface area contributed by atoms with Crippen molar-refractivity contribution in [2.75, 3.05) is 5.32 Å². The monoisotopic (exact) mass is 281 g/mol. The summed E-state index contributed by atoms with van der Waals surface area (Å²) >= 11 is 3.25. The lowest BCUT2D eigenvalue weighted by atomic mass is 10.3. The van der Waals surface area contributed by atoms with E-state index in [1.165, 1.54) is 6.33 Å². The van der Waals surface area contributed by atoms with Gasteiger partial charge in [0.15, 0.2) is 0 Å². The van der Waals surface area contributed by atoms with Gasteiger partial charge in [0.1, 0.15) is 12.0 Å². The third kappa shape index (κ3) is 2.25. The zero-order valence-corrected chi connectivity index (χ0v) is 9.97. The van der Waals surface area contributed by atoms with Crippen LogP contribution < -0.4 is 5.32 Å². The Bertz CT molecular complexity index is 507. The van der Waals surface area contributed by atoms with Gasteiger partial charge >= 0.3 is 0 Å². The van der Waals surface area contributed by atoms with Gasteiger partial charge in [0.2, 0.25) is 5.95 Å². The Hall–Kier alpha value is -1.76. The molecule has 82 valence electrons. The van der Waals surface area contributed by atoms with Crippen molar-refractivity contribution in [3.05, 3.63) is 34.8 Å². The second kappa shape index (κ2) is 4.40. The van der Waals surface area contributed by atoms with E-state index in [-0.39, 0.29) is 5.91 Å². The molecule has 0 bridgehead atoms. The largest absolute Gasteiger partial charge is 0.303 e. The smallest absolute Gasteiger partial charge is 0.276 e. The second-order valence-corrected chi connectivity index (χ2v) is 4.00. The molecule has 0 aromatic carbocycles. The van der Waals surface area contributed by atoms with Crippen LogP contribution in [0.15, 0.2) is 29.1 Å². The molecule has 2 aromatic rings. The fourth-order valence-electron chi connectivity index (χ4n) is 1.07. The molecule has 0 fully saturated rings. The van der Waals surface area contributed by atoms with Crippen LogP contribution in [0.4, 0.5) is 5.95 Å². The minimum Gasteiger partial charge on any atom is -0.303 e. The van der Waals surface area contributed by atoms with Gasteiger partial charge < -0.3 is 4.57 Å². The number of aromatic nitrogens is 4. The Balaban J connectivity index is 2.15. The summed E-state index contributed by atoms with van der Waals surface area (Å²) in [6.07, 6.45) is 3.07. The Morgan fingerprint density at radius 2 is 2.31 bits per heavy atom. The van der Waals surface area contributed by atoms with Gasteiger partial charge in [0.05, 0.1) is 0 Å². The lowest BCUT2D eigenvalue weighted by Crippen LogP contribution is -2.16. The number of halogens is 1. The third-order valence-electron chi connectivity index (χ3n) is 1.90. The first-order valence-corrected chi connectivity index (χ1v) is 5.23. The Labute approximate surface area is 99.8 Å². The van der Waals surface area contributed by atoms with Crippen LogP contribution in [-0.2, 0) is 7.05 Å². The number of aryl methyl sites for hydroxylation is 1. The highest BCUT2D eigenvalue weighted by Gasteiger charge is 2.10. The van der Waals surface area contributed by atoms with Crippen LogP contribution in [-0.4, -0.2) is 25.7 Å². The Morgan fingerprint density at radius 1 is 1.50 bits per heavy atom. The molecule has 0 unspecified atom stereocenters. The molecule has 0 spiro atoms. The molecule has 0 saturated heterocycles. The first-order chi connectivity index (χ1) is 7.66. The maximum Gasteiger partial charge on any atom is 0.276 e. The molecule has 0 atom stereocenters. The summed E-state index contributed by atoms with van der Waals surface area (Å²) in [7, 11) is 1.74.